The summed E-state index contributed by atoms with van der Waals surface area (Å²) in [4.78, 5) is 24.9. The van der Waals surface area contributed by atoms with Gasteiger partial charge in [0.1, 0.15) is 5.82 Å². The fourth-order valence-corrected chi connectivity index (χ4v) is 2.56. The van der Waals surface area contributed by atoms with E-state index in [1.165, 1.54) is 4.90 Å². The Bertz CT molecular complexity index is 692. The number of rotatable bonds is 5. The Morgan fingerprint density at radius 2 is 2.00 bits per heavy atom. The highest BCUT2D eigenvalue weighted by Crippen LogP contribution is 2.24. The number of benzene rings is 1. The number of nitrogens with zero attached hydrogens (tertiary/aromatic N) is 4. The summed E-state index contributed by atoms with van der Waals surface area (Å²) in [5.41, 5.74) is 0.650. The molecular weight excluding hydrogens is 322 g/mol. The summed E-state index contributed by atoms with van der Waals surface area (Å²) in [6.45, 7) is 2.82. The first-order valence-electron chi connectivity index (χ1n) is 8.19. The van der Waals surface area contributed by atoms with Crippen molar-refractivity contribution in [2.75, 3.05) is 49.3 Å². The highest BCUT2D eigenvalue weighted by atomic mass is 16.5. The van der Waals surface area contributed by atoms with Gasteiger partial charge >= 0.3 is 6.03 Å². The lowest BCUT2D eigenvalue weighted by atomic mass is 10.3. The van der Waals surface area contributed by atoms with Crippen LogP contribution in [0.25, 0.3) is 0 Å². The molecule has 1 saturated heterocycles. The second-order valence-corrected chi connectivity index (χ2v) is 5.44. The van der Waals surface area contributed by atoms with E-state index in [2.05, 4.69) is 20.2 Å². The third-order valence-corrected chi connectivity index (χ3v) is 3.77. The molecule has 0 atom stereocenters. The maximum atomic E-state index is 12.6. The van der Waals surface area contributed by atoms with E-state index in [0.29, 0.717) is 18.9 Å². The van der Waals surface area contributed by atoms with Crippen molar-refractivity contribution < 1.29 is 14.6 Å². The number of morpholine rings is 1. The van der Waals surface area contributed by atoms with Crippen molar-refractivity contribution in [3.8, 4) is 0 Å². The van der Waals surface area contributed by atoms with Gasteiger partial charge in [-0.25, -0.2) is 14.7 Å². The highest BCUT2D eigenvalue weighted by Gasteiger charge is 2.22. The van der Waals surface area contributed by atoms with Gasteiger partial charge in [-0.2, -0.15) is 4.98 Å². The molecule has 8 nitrogen and oxygen atoms in total. The van der Waals surface area contributed by atoms with Gasteiger partial charge in [-0.05, 0) is 18.2 Å². The molecule has 2 heterocycles. The van der Waals surface area contributed by atoms with Gasteiger partial charge in [-0.15, -0.1) is 0 Å². The molecule has 2 N–H and O–H groups in total. The average molecular weight is 343 g/mol. The fraction of sp³-hybridized carbons (Fsp3) is 0.353. The smallest absolute Gasteiger partial charge is 0.329 e. The van der Waals surface area contributed by atoms with Gasteiger partial charge in [0.2, 0.25) is 5.95 Å². The molecule has 1 aromatic heterocycles. The number of aliphatic hydroxyl groups is 1. The molecule has 25 heavy (non-hydrogen) atoms. The van der Waals surface area contributed by atoms with Gasteiger partial charge in [0.15, 0.2) is 0 Å². The number of anilines is 3. The Hall–Kier alpha value is -2.71. The summed E-state index contributed by atoms with van der Waals surface area (Å²) in [5, 5.41) is 11.6. The van der Waals surface area contributed by atoms with Crippen molar-refractivity contribution in [3.05, 3.63) is 42.6 Å². The normalized spacial score (nSPS) is 14.2. The maximum Gasteiger partial charge on any atom is 0.329 e. The molecule has 1 aromatic carbocycles. The largest absolute Gasteiger partial charge is 0.395 e. The number of amides is 2. The van der Waals surface area contributed by atoms with Crippen LogP contribution in [0.15, 0.2) is 42.6 Å². The molecule has 1 aliphatic heterocycles. The molecule has 2 amide bonds. The Kier molecular flexibility index (Phi) is 5.76. The van der Waals surface area contributed by atoms with Crippen molar-refractivity contribution in [3.63, 3.8) is 0 Å². The number of ether oxygens (including phenoxy) is 1. The van der Waals surface area contributed by atoms with E-state index in [4.69, 9.17) is 9.84 Å². The van der Waals surface area contributed by atoms with Crippen LogP contribution in [-0.2, 0) is 4.74 Å². The zero-order chi connectivity index (χ0) is 17.5. The molecule has 0 unspecified atom stereocenters. The number of urea groups is 1. The lowest BCUT2D eigenvalue weighted by Gasteiger charge is -2.28. The van der Waals surface area contributed by atoms with Crippen molar-refractivity contribution in [2.45, 2.75) is 0 Å². The number of hydrogen-bond donors (Lipinski definition) is 2. The van der Waals surface area contributed by atoms with E-state index in [1.807, 2.05) is 36.4 Å². The maximum absolute atomic E-state index is 12.6. The van der Waals surface area contributed by atoms with Crippen molar-refractivity contribution in [1.29, 1.82) is 0 Å². The lowest BCUT2D eigenvalue weighted by molar-refractivity contribution is 0.122. The zero-order valence-electron chi connectivity index (χ0n) is 13.8. The molecule has 2 aromatic rings. The third kappa shape index (κ3) is 4.23. The molecule has 1 fully saturated rings. The highest BCUT2D eigenvalue weighted by molar-refractivity contribution is 5.97. The second-order valence-electron chi connectivity index (χ2n) is 5.44. The molecule has 3 rings (SSSR count). The molecule has 0 aliphatic carbocycles. The summed E-state index contributed by atoms with van der Waals surface area (Å²) >= 11 is 0. The molecule has 0 bridgehead atoms. The predicted molar refractivity (Wildman–Crippen MR) is 94.1 cm³/mol. The number of para-hydroxylation sites is 1. The molecule has 0 saturated carbocycles. The van der Waals surface area contributed by atoms with E-state index in [9.17, 15) is 4.79 Å². The minimum atomic E-state index is -0.389. The first kappa shape index (κ1) is 17.1. The van der Waals surface area contributed by atoms with E-state index in [0.717, 1.165) is 18.9 Å². The molecule has 0 radical (unpaired) electrons. The van der Waals surface area contributed by atoms with E-state index in [1.54, 1.807) is 6.20 Å². The summed E-state index contributed by atoms with van der Waals surface area (Å²) in [6, 6.07) is 10.6. The van der Waals surface area contributed by atoms with Gasteiger partial charge in [0.05, 0.1) is 25.5 Å². The van der Waals surface area contributed by atoms with Crippen LogP contribution in [0.1, 0.15) is 0 Å². The first-order valence-corrected chi connectivity index (χ1v) is 8.19. The Morgan fingerprint density at radius 3 is 2.72 bits per heavy atom. The average Bonchev–Trinajstić information content (AvgIpc) is 2.68. The number of carbonyl (C=O) groups excluding carboxylic acids is 1. The number of hydrogen-bond acceptors (Lipinski definition) is 6. The number of aromatic nitrogens is 2. The van der Waals surface area contributed by atoms with E-state index < -0.39 is 0 Å². The SMILES string of the molecule is O=C(NCCO)N(c1ccccc1)c1nccc(N2CCOCC2)n1. The van der Waals surface area contributed by atoms with Crippen molar-refractivity contribution in [2.24, 2.45) is 0 Å². The second kappa shape index (κ2) is 8.41. The van der Waals surface area contributed by atoms with Crippen LogP contribution in [0.2, 0.25) is 0 Å². The van der Waals surface area contributed by atoms with Crippen LogP contribution in [0.3, 0.4) is 0 Å². The number of nitrogens with one attached hydrogen (secondary N) is 1. The quantitative estimate of drug-likeness (QED) is 0.846. The first-order chi connectivity index (χ1) is 12.3. The van der Waals surface area contributed by atoms with E-state index in [-0.39, 0.29) is 25.1 Å². The van der Waals surface area contributed by atoms with Crippen LogP contribution in [-0.4, -0.2) is 60.6 Å². The summed E-state index contributed by atoms with van der Waals surface area (Å²) in [7, 11) is 0. The summed E-state index contributed by atoms with van der Waals surface area (Å²) < 4.78 is 5.37. The monoisotopic (exact) mass is 343 g/mol. The van der Waals surface area contributed by atoms with Gasteiger partial charge in [0, 0.05) is 25.8 Å². The third-order valence-electron chi connectivity index (χ3n) is 3.77. The number of aliphatic hydroxyl groups excluding tert-OH is 1. The van der Waals surface area contributed by atoms with E-state index >= 15 is 0 Å². The Labute approximate surface area is 146 Å². The van der Waals surface area contributed by atoms with Crippen molar-refractivity contribution in [1.82, 2.24) is 15.3 Å². The topological polar surface area (TPSA) is 90.8 Å². The van der Waals surface area contributed by atoms with Crippen molar-refractivity contribution >= 4 is 23.5 Å². The van der Waals surface area contributed by atoms with Crippen LogP contribution >= 0.6 is 0 Å². The van der Waals surface area contributed by atoms with Crippen LogP contribution in [0.4, 0.5) is 22.2 Å². The standard InChI is InChI=1S/C17H21N5O3/c23-11-8-19-17(24)22(14-4-2-1-3-5-14)16-18-7-6-15(20-16)21-9-12-25-13-10-21/h1-7,23H,8-13H2,(H,19,24). The molecule has 1 aliphatic rings. The number of carbonyl (C=O) groups is 1. The van der Waals surface area contributed by atoms with Crippen LogP contribution < -0.4 is 15.1 Å². The fourth-order valence-electron chi connectivity index (χ4n) is 2.56. The Balaban J connectivity index is 1.91. The Morgan fingerprint density at radius 1 is 1.24 bits per heavy atom. The molecule has 8 heteroatoms. The summed E-state index contributed by atoms with van der Waals surface area (Å²) in [5.74, 6) is 1.04. The zero-order valence-corrected chi connectivity index (χ0v) is 13.8. The molecule has 132 valence electrons. The van der Waals surface area contributed by atoms with Gasteiger partial charge in [0.25, 0.3) is 0 Å². The molecule has 0 spiro atoms. The lowest BCUT2D eigenvalue weighted by Crippen LogP contribution is -2.40. The predicted octanol–water partition coefficient (Wildman–Crippen LogP) is 1.15. The van der Waals surface area contributed by atoms with Crippen LogP contribution in [0.5, 0.6) is 0 Å². The van der Waals surface area contributed by atoms with Gasteiger partial charge in [-0.1, -0.05) is 18.2 Å². The minimum Gasteiger partial charge on any atom is -0.395 e. The summed E-state index contributed by atoms with van der Waals surface area (Å²) in [6.07, 6.45) is 1.64. The van der Waals surface area contributed by atoms with Crippen LogP contribution in [0, 0.1) is 0 Å². The minimum absolute atomic E-state index is 0.136. The molecular formula is C17H21N5O3. The van der Waals surface area contributed by atoms with Gasteiger partial charge < -0.3 is 20.1 Å². The van der Waals surface area contributed by atoms with Gasteiger partial charge in [-0.3, -0.25) is 0 Å².